The van der Waals surface area contributed by atoms with Crippen LogP contribution in [0, 0.1) is 13.8 Å². The van der Waals surface area contributed by atoms with Crippen molar-refractivity contribution in [3.8, 4) is 11.4 Å². The number of benzene rings is 2. The monoisotopic (exact) mass is 389 g/mol. The van der Waals surface area contributed by atoms with E-state index in [-0.39, 0.29) is 34.5 Å². The molecule has 0 unspecified atom stereocenters. The number of carbonyl (C=O) groups is 1. The van der Waals surface area contributed by atoms with Gasteiger partial charge in [-0.25, -0.2) is 0 Å². The van der Waals surface area contributed by atoms with Gasteiger partial charge in [0.2, 0.25) is 0 Å². The Morgan fingerprint density at radius 3 is 2.45 bits per heavy atom. The van der Waals surface area contributed by atoms with E-state index in [1.807, 2.05) is 37.3 Å². The van der Waals surface area contributed by atoms with E-state index in [9.17, 15) is 14.7 Å². The molecule has 1 aliphatic rings. The molecule has 1 amide bonds. The van der Waals surface area contributed by atoms with Crippen LogP contribution in [0.3, 0.4) is 0 Å². The molecule has 29 heavy (non-hydrogen) atoms. The van der Waals surface area contributed by atoms with Gasteiger partial charge in [-0.15, -0.1) is 0 Å². The fourth-order valence-corrected chi connectivity index (χ4v) is 4.11. The number of aromatic nitrogens is 1. The highest BCUT2D eigenvalue weighted by atomic mass is 16.3. The summed E-state index contributed by atoms with van der Waals surface area (Å²) in [5.74, 6) is -0.442. The molecule has 6 heteroatoms. The number of carbonyl (C=O) groups excluding carboxylic acids is 1. The number of rotatable bonds is 4. The van der Waals surface area contributed by atoms with Crippen molar-refractivity contribution in [1.82, 2.24) is 4.57 Å². The largest absolute Gasteiger partial charge is 0.508 e. The van der Waals surface area contributed by atoms with E-state index >= 15 is 0 Å². The van der Waals surface area contributed by atoms with Crippen molar-refractivity contribution in [1.29, 1.82) is 0 Å². The molecule has 6 nitrogen and oxygen atoms in total. The highest BCUT2D eigenvalue weighted by molar-refractivity contribution is 5.97. The molecule has 0 radical (unpaired) electrons. The number of nitrogen functional groups attached to an aromatic ring is 1. The lowest BCUT2D eigenvalue weighted by Crippen LogP contribution is -2.29. The van der Waals surface area contributed by atoms with Crippen molar-refractivity contribution in [2.24, 2.45) is 5.73 Å². The summed E-state index contributed by atoms with van der Waals surface area (Å²) in [6.45, 7) is 3.54. The summed E-state index contributed by atoms with van der Waals surface area (Å²) in [7, 11) is 0. The van der Waals surface area contributed by atoms with Crippen molar-refractivity contribution in [3.05, 3.63) is 86.7 Å². The number of pyridine rings is 1. The van der Waals surface area contributed by atoms with E-state index < -0.39 is 5.91 Å². The fourth-order valence-electron chi connectivity index (χ4n) is 4.11. The summed E-state index contributed by atoms with van der Waals surface area (Å²) in [6, 6.07) is 14.8. The molecule has 4 rings (SSSR count). The second-order valence-electron chi connectivity index (χ2n) is 7.64. The highest BCUT2D eigenvalue weighted by Gasteiger charge is 2.42. The maximum atomic E-state index is 13.5. The lowest BCUT2D eigenvalue weighted by Gasteiger charge is -2.19. The van der Waals surface area contributed by atoms with Gasteiger partial charge >= 0.3 is 0 Å². The van der Waals surface area contributed by atoms with Crippen LogP contribution >= 0.6 is 0 Å². The number of amides is 1. The summed E-state index contributed by atoms with van der Waals surface area (Å²) in [6.07, 6.45) is 0.819. The molecule has 1 fully saturated rings. The Kier molecular flexibility index (Phi) is 4.42. The number of anilines is 1. The number of aryl methyl sites for hydroxylation is 1. The molecular formula is C23H23N3O3. The van der Waals surface area contributed by atoms with E-state index in [0.717, 1.165) is 17.5 Å². The van der Waals surface area contributed by atoms with Crippen LogP contribution in [0.25, 0.3) is 5.69 Å². The zero-order chi connectivity index (χ0) is 20.9. The smallest absolute Gasteiger partial charge is 0.260 e. The van der Waals surface area contributed by atoms with Crippen LogP contribution < -0.4 is 17.0 Å². The predicted molar refractivity (Wildman–Crippen MR) is 113 cm³/mol. The van der Waals surface area contributed by atoms with E-state index in [0.29, 0.717) is 16.8 Å². The van der Waals surface area contributed by atoms with Crippen LogP contribution in [0.15, 0.2) is 53.3 Å². The first-order chi connectivity index (χ1) is 13.8. The Balaban J connectivity index is 1.93. The van der Waals surface area contributed by atoms with E-state index in [1.54, 1.807) is 19.1 Å². The number of phenols is 1. The lowest BCUT2D eigenvalue weighted by molar-refractivity contribution is 0.100. The molecule has 0 spiro atoms. The Labute approximate surface area is 168 Å². The second kappa shape index (κ2) is 6.81. The van der Waals surface area contributed by atoms with Crippen LogP contribution in [-0.2, 0) is 0 Å². The topological polar surface area (TPSA) is 111 Å². The third kappa shape index (κ3) is 3.06. The Hall–Kier alpha value is -3.54. The molecular weight excluding hydrogens is 366 g/mol. The van der Waals surface area contributed by atoms with Crippen LogP contribution in [0.5, 0.6) is 5.75 Å². The van der Waals surface area contributed by atoms with Crippen molar-refractivity contribution in [2.45, 2.75) is 32.1 Å². The van der Waals surface area contributed by atoms with Gasteiger partial charge in [0.1, 0.15) is 11.6 Å². The molecule has 0 saturated heterocycles. The zero-order valence-electron chi connectivity index (χ0n) is 16.3. The normalized spacial score (nSPS) is 17.9. The minimum atomic E-state index is -0.690. The van der Waals surface area contributed by atoms with Gasteiger partial charge in [0.15, 0.2) is 0 Å². The van der Waals surface area contributed by atoms with Gasteiger partial charge in [-0.1, -0.05) is 36.4 Å². The highest BCUT2D eigenvalue weighted by Crippen LogP contribution is 2.54. The van der Waals surface area contributed by atoms with Gasteiger partial charge < -0.3 is 16.6 Å². The van der Waals surface area contributed by atoms with Crippen LogP contribution in [0.2, 0.25) is 0 Å². The molecule has 2 aromatic carbocycles. The average molecular weight is 389 g/mol. The Morgan fingerprint density at radius 2 is 1.79 bits per heavy atom. The van der Waals surface area contributed by atoms with Crippen molar-refractivity contribution in [2.75, 3.05) is 5.73 Å². The Bertz CT molecular complexity index is 1180. The summed E-state index contributed by atoms with van der Waals surface area (Å²) in [5, 5.41) is 10.2. The third-order valence-electron chi connectivity index (χ3n) is 5.78. The Morgan fingerprint density at radius 1 is 1.10 bits per heavy atom. The number of hydrogen-bond acceptors (Lipinski definition) is 4. The van der Waals surface area contributed by atoms with Crippen molar-refractivity contribution < 1.29 is 9.90 Å². The fraction of sp³-hybridized carbons (Fsp3) is 0.217. The maximum Gasteiger partial charge on any atom is 0.260 e. The van der Waals surface area contributed by atoms with Crippen LogP contribution in [-0.4, -0.2) is 15.6 Å². The van der Waals surface area contributed by atoms with Gasteiger partial charge in [-0.3, -0.25) is 14.2 Å². The summed E-state index contributed by atoms with van der Waals surface area (Å²) in [4.78, 5) is 25.6. The number of nitrogens with two attached hydrogens (primary N) is 2. The molecule has 0 bridgehead atoms. The molecule has 2 atom stereocenters. The summed E-state index contributed by atoms with van der Waals surface area (Å²) >= 11 is 0. The minimum Gasteiger partial charge on any atom is -0.508 e. The average Bonchev–Trinajstić information content (AvgIpc) is 3.48. The molecule has 1 aliphatic carbocycles. The quantitative estimate of drug-likeness (QED) is 0.636. The number of phenolic OH excluding ortho intramolecular Hbond substituents is 1. The molecule has 1 aromatic heterocycles. The third-order valence-corrected chi connectivity index (χ3v) is 5.78. The molecule has 1 heterocycles. The van der Waals surface area contributed by atoms with E-state index in [4.69, 9.17) is 11.5 Å². The molecule has 148 valence electrons. The molecule has 5 N–H and O–H groups in total. The van der Waals surface area contributed by atoms with Gasteiger partial charge in [-0.2, -0.15) is 0 Å². The first-order valence-corrected chi connectivity index (χ1v) is 9.51. The SMILES string of the molecule is Cc1ccc(O)c(C)c1-n1c(N)c(C(N)=O)cc([C@H]2C[C@@H]2c2ccccc2)c1=O. The van der Waals surface area contributed by atoms with Crippen molar-refractivity contribution in [3.63, 3.8) is 0 Å². The standard InChI is InChI=1S/C23H23N3O3/c1-12-8-9-19(27)13(2)20(12)26-21(24)18(22(25)28)11-17(23(26)29)16-10-15(16)14-6-4-3-5-7-14/h3-9,11,15-16,27H,10,24H2,1-2H3,(H2,25,28)/t15-,16+/m1/s1. The van der Waals surface area contributed by atoms with Crippen molar-refractivity contribution >= 4 is 11.7 Å². The molecule has 0 aliphatic heterocycles. The molecule has 3 aromatic rings. The summed E-state index contributed by atoms with van der Waals surface area (Å²) in [5.41, 5.74) is 15.0. The maximum absolute atomic E-state index is 13.5. The number of aromatic hydroxyl groups is 1. The predicted octanol–water partition coefficient (Wildman–Crippen LogP) is 3.11. The van der Waals surface area contributed by atoms with E-state index in [2.05, 4.69) is 0 Å². The summed E-state index contributed by atoms with van der Waals surface area (Å²) < 4.78 is 1.32. The number of nitrogens with zero attached hydrogens (tertiary/aromatic N) is 1. The zero-order valence-corrected chi connectivity index (χ0v) is 16.3. The van der Waals surface area contributed by atoms with Crippen LogP contribution in [0.1, 0.15) is 50.9 Å². The molecule has 1 saturated carbocycles. The minimum absolute atomic E-state index is 0.00669. The number of primary amides is 1. The van der Waals surface area contributed by atoms with Gasteiger partial charge in [-0.05, 0) is 55.4 Å². The lowest BCUT2D eigenvalue weighted by atomic mass is 10.0. The number of hydrogen-bond donors (Lipinski definition) is 3. The first-order valence-electron chi connectivity index (χ1n) is 9.51. The van der Waals surface area contributed by atoms with Gasteiger partial charge in [0.25, 0.3) is 11.5 Å². The van der Waals surface area contributed by atoms with Crippen LogP contribution in [0.4, 0.5) is 5.82 Å². The van der Waals surface area contributed by atoms with Gasteiger partial charge in [0, 0.05) is 11.1 Å². The second-order valence-corrected chi connectivity index (χ2v) is 7.64. The first kappa shape index (κ1) is 18.8. The van der Waals surface area contributed by atoms with E-state index in [1.165, 1.54) is 10.6 Å². The van der Waals surface area contributed by atoms with Gasteiger partial charge in [0.05, 0.1) is 11.3 Å².